The van der Waals surface area contributed by atoms with E-state index >= 15 is 0 Å². The van der Waals surface area contributed by atoms with Gasteiger partial charge in [0.05, 0.1) is 37.7 Å². The molecule has 9 nitrogen and oxygen atoms in total. The number of ketones is 2. The van der Waals surface area contributed by atoms with Crippen LogP contribution in [0.15, 0.2) is 113 Å². The number of Topliss-reactive ketones (excluding diaryl/α,β-unsaturated/α-hetero) is 2. The van der Waals surface area contributed by atoms with Crippen LogP contribution in [0.2, 0.25) is 0 Å². The molecule has 1 unspecified atom stereocenters. The van der Waals surface area contributed by atoms with Crippen LogP contribution in [0.5, 0.6) is 0 Å². The van der Waals surface area contributed by atoms with Gasteiger partial charge in [-0.05, 0) is 57.3 Å². The molecule has 4 aromatic carbocycles. The van der Waals surface area contributed by atoms with E-state index in [2.05, 4.69) is 41.4 Å². The summed E-state index contributed by atoms with van der Waals surface area (Å²) in [5, 5.41) is 13.8. The van der Waals surface area contributed by atoms with Gasteiger partial charge in [0.1, 0.15) is 18.1 Å². The van der Waals surface area contributed by atoms with Crippen molar-refractivity contribution in [2.75, 3.05) is 46.1 Å². The van der Waals surface area contributed by atoms with Crippen LogP contribution in [0.1, 0.15) is 84.7 Å². The zero-order valence-electron chi connectivity index (χ0n) is 33.2. The van der Waals surface area contributed by atoms with Crippen molar-refractivity contribution in [1.82, 2.24) is 5.32 Å². The summed E-state index contributed by atoms with van der Waals surface area (Å²) in [6.45, 7) is 5.72. The largest absolute Gasteiger partial charge is 0.511 e. The summed E-state index contributed by atoms with van der Waals surface area (Å²) in [7, 11) is 0. The minimum Gasteiger partial charge on any atom is -0.511 e. The fourth-order valence-electron chi connectivity index (χ4n) is 8.23. The molecular weight excluding hydrogens is 729 g/mol. The van der Waals surface area contributed by atoms with Crippen molar-refractivity contribution in [2.24, 2.45) is 10.4 Å². The number of nitrogens with zero attached hydrogens (tertiary/aromatic N) is 1. The van der Waals surface area contributed by atoms with E-state index in [1.165, 1.54) is 11.1 Å². The standard InChI is InChI=1S/C49H50N2O7/c1-49(2)30-45(53)47(46(54)31-49)43(50-23-21-44(52)41-29-35-13-4-3-11-33(35)19-20-34-12-5-6-14-36(34)41)22-25-56-27-28-57-26-24-51-48(55)58-32-42-39-17-9-7-15-37(39)38-16-8-10-18-40(38)42/h3-18,41-42,53H,21-32H2,1-2H3,(H,51,55). The summed E-state index contributed by atoms with van der Waals surface area (Å²) >= 11 is 0. The van der Waals surface area contributed by atoms with E-state index in [-0.39, 0.29) is 92.5 Å². The second kappa shape index (κ2) is 18.6. The normalized spacial score (nSPS) is 16.8. The SMILES string of the molecule is CC1(C)CC(=O)C(C(CCOCCOCCNC(=O)OCC2c3ccccc3-c3ccccc32)=NCCC(=O)C2Cc3ccccc3C#Cc3ccccc32)=C(O)C1. The molecule has 0 saturated heterocycles. The Morgan fingerprint density at radius 3 is 2.12 bits per heavy atom. The van der Waals surface area contributed by atoms with Crippen molar-refractivity contribution in [3.05, 3.63) is 142 Å². The molecule has 0 spiro atoms. The Labute approximate surface area is 340 Å². The van der Waals surface area contributed by atoms with Crippen LogP contribution in [0.3, 0.4) is 0 Å². The van der Waals surface area contributed by atoms with Crippen LogP contribution in [-0.4, -0.2) is 74.6 Å². The van der Waals surface area contributed by atoms with Crippen molar-refractivity contribution in [3.63, 3.8) is 0 Å². The molecule has 3 aliphatic rings. The number of aliphatic hydroxyl groups is 1. The average molecular weight is 779 g/mol. The molecule has 1 amide bonds. The highest BCUT2D eigenvalue weighted by molar-refractivity contribution is 6.23. The molecule has 9 heteroatoms. The summed E-state index contributed by atoms with van der Waals surface area (Å²) in [5.41, 5.74) is 8.72. The Morgan fingerprint density at radius 1 is 0.776 bits per heavy atom. The number of allylic oxidation sites excluding steroid dienone is 2. The van der Waals surface area contributed by atoms with Crippen molar-refractivity contribution >= 4 is 23.4 Å². The monoisotopic (exact) mass is 778 g/mol. The first-order valence-electron chi connectivity index (χ1n) is 20.1. The van der Waals surface area contributed by atoms with Crippen LogP contribution in [0, 0.1) is 17.3 Å². The predicted molar refractivity (Wildman–Crippen MR) is 224 cm³/mol. The molecule has 4 aromatic rings. The van der Waals surface area contributed by atoms with Gasteiger partial charge in [-0.1, -0.05) is 111 Å². The lowest BCUT2D eigenvalue weighted by Crippen LogP contribution is -2.30. The maximum absolute atomic E-state index is 13.9. The third-order valence-electron chi connectivity index (χ3n) is 11.0. The van der Waals surface area contributed by atoms with Gasteiger partial charge in [-0.15, -0.1) is 0 Å². The fraction of sp³-hybridized carbons (Fsp3) is 0.347. The van der Waals surface area contributed by atoms with E-state index in [4.69, 9.17) is 19.2 Å². The Bertz CT molecular complexity index is 2250. The van der Waals surface area contributed by atoms with Gasteiger partial charge in [0.2, 0.25) is 0 Å². The van der Waals surface area contributed by atoms with Gasteiger partial charge in [-0.25, -0.2) is 4.79 Å². The van der Waals surface area contributed by atoms with Gasteiger partial charge in [-0.2, -0.15) is 0 Å². The maximum Gasteiger partial charge on any atom is 0.407 e. The number of hydrogen-bond donors (Lipinski definition) is 2. The summed E-state index contributed by atoms with van der Waals surface area (Å²) in [4.78, 5) is 44.5. The molecule has 3 aliphatic carbocycles. The molecule has 0 aromatic heterocycles. The second-order valence-electron chi connectivity index (χ2n) is 15.8. The summed E-state index contributed by atoms with van der Waals surface area (Å²) < 4.78 is 17.1. The quantitative estimate of drug-likeness (QED) is 0.0667. The molecular formula is C49H50N2O7. The molecule has 298 valence electrons. The highest BCUT2D eigenvalue weighted by Gasteiger charge is 2.35. The van der Waals surface area contributed by atoms with Gasteiger partial charge in [0, 0.05) is 61.7 Å². The van der Waals surface area contributed by atoms with Crippen LogP contribution in [-0.2, 0) is 30.2 Å². The first-order chi connectivity index (χ1) is 28.2. The molecule has 2 N–H and O–H groups in total. The van der Waals surface area contributed by atoms with E-state index in [1.54, 1.807) is 0 Å². The van der Waals surface area contributed by atoms with Crippen LogP contribution >= 0.6 is 0 Å². The average Bonchev–Trinajstić information content (AvgIpc) is 3.52. The maximum atomic E-state index is 13.9. The van der Waals surface area contributed by atoms with E-state index < -0.39 is 6.09 Å². The number of hydrogen-bond acceptors (Lipinski definition) is 8. The number of amides is 1. The lowest BCUT2D eigenvalue weighted by molar-refractivity contribution is -0.120. The van der Waals surface area contributed by atoms with Gasteiger partial charge >= 0.3 is 6.09 Å². The van der Waals surface area contributed by atoms with E-state index in [1.807, 2.05) is 86.6 Å². The van der Waals surface area contributed by atoms with Gasteiger partial charge in [0.25, 0.3) is 0 Å². The number of carbonyl (C=O) groups excluding carboxylic acids is 3. The summed E-state index contributed by atoms with van der Waals surface area (Å²) in [6, 6.07) is 32.1. The van der Waals surface area contributed by atoms with E-state index in [9.17, 15) is 19.5 Å². The minimum atomic E-state index is -0.498. The van der Waals surface area contributed by atoms with Crippen molar-refractivity contribution in [1.29, 1.82) is 0 Å². The Morgan fingerprint density at radius 2 is 1.40 bits per heavy atom. The second-order valence-corrected chi connectivity index (χ2v) is 15.8. The fourth-order valence-corrected chi connectivity index (χ4v) is 8.23. The first-order valence-corrected chi connectivity index (χ1v) is 20.1. The Balaban J connectivity index is 0.878. The minimum absolute atomic E-state index is 0.00793. The number of carbonyl (C=O) groups is 3. The number of aliphatic hydroxyl groups excluding tert-OH is 1. The van der Waals surface area contributed by atoms with E-state index in [0.717, 1.165) is 33.4 Å². The molecule has 0 heterocycles. The number of benzene rings is 4. The summed E-state index contributed by atoms with van der Waals surface area (Å²) in [6.07, 6.45) is 1.16. The molecule has 0 saturated carbocycles. The predicted octanol–water partition coefficient (Wildman–Crippen LogP) is 8.29. The van der Waals surface area contributed by atoms with Gasteiger partial charge < -0.3 is 24.6 Å². The number of aliphatic imine (C=N–C) groups is 1. The van der Waals surface area contributed by atoms with E-state index in [0.29, 0.717) is 31.6 Å². The molecule has 0 aliphatic heterocycles. The lowest BCUT2D eigenvalue weighted by atomic mass is 9.75. The lowest BCUT2D eigenvalue weighted by Gasteiger charge is -2.30. The van der Waals surface area contributed by atoms with Crippen LogP contribution < -0.4 is 5.32 Å². The topological polar surface area (TPSA) is 124 Å². The Hall–Kier alpha value is -5.82. The van der Waals surface area contributed by atoms with Crippen molar-refractivity contribution in [3.8, 4) is 23.0 Å². The third kappa shape index (κ3) is 9.64. The molecule has 0 fully saturated rings. The molecule has 0 radical (unpaired) electrons. The smallest absolute Gasteiger partial charge is 0.407 e. The molecule has 1 atom stereocenters. The van der Waals surface area contributed by atoms with Crippen LogP contribution in [0.4, 0.5) is 4.79 Å². The Kier molecular flexibility index (Phi) is 13.0. The van der Waals surface area contributed by atoms with Crippen LogP contribution in [0.25, 0.3) is 11.1 Å². The molecule has 0 bridgehead atoms. The zero-order valence-corrected chi connectivity index (χ0v) is 33.2. The van der Waals surface area contributed by atoms with Crippen molar-refractivity contribution in [2.45, 2.75) is 57.8 Å². The number of nitrogens with one attached hydrogen (secondary N) is 1. The zero-order chi connectivity index (χ0) is 40.5. The first kappa shape index (κ1) is 40.4. The number of rotatable bonds is 16. The van der Waals surface area contributed by atoms with Crippen molar-refractivity contribution < 1.29 is 33.7 Å². The number of ether oxygens (including phenoxy) is 3. The highest BCUT2D eigenvalue weighted by Crippen LogP contribution is 2.44. The summed E-state index contributed by atoms with van der Waals surface area (Å²) in [5.74, 6) is 6.06. The third-order valence-corrected chi connectivity index (χ3v) is 11.0. The number of fused-ring (bicyclic) bond motifs is 5. The highest BCUT2D eigenvalue weighted by atomic mass is 16.6. The molecule has 58 heavy (non-hydrogen) atoms. The van der Waals surface area contributed by atoms with Gasteiger partial charge in [-0.3, -0.25) is 14.6 Å². The number of alkyl carbamates (subject to hydrolysis) is 1. The van der Waals surface area contributed by atoms with Gasteiger partial charge in [0.15, 0.2) is 5.78 Å². The molecule has 7 rings (SSSR count).